The van der Waals surface area contributed by atoms with E-state index in [0.29, 0.717) is 25.9 Å². The summed E-state index contributed by atoms with van der Waals surface area (Å²) in [7, 11) is 1.67. The van der Waals surface area contributed by atoms with Crippen molar-refractivity contribution < 1.29 is 9.53 Å². The van der Waals surface area contributed by atoms with Gasteiger partial charge in [0.25, 0.3) is 0 Å². The zero-order valence-electron chi connectivity index (χ0n) is 19.4. The molecule has 0 aliphatic carbocycles. The lowest BCUT2D eigenvalue weighted by Gasteiger charge is -2.46. The van der Waals surface area contributed by atoms with Gasteiger partial charge in [0, 0.05) is 25.7 Å². The van der Waals surface area contributed by atoms with Gasteiger partial charge in [-0.15, -0.1) is 0 Å². The fraction of sp³-hybridized carbons (Fsp3) is 0.480. The molecule has 7 heteroatoms. The fourth-order valence-electron chi connectivity index (χ4n) is 4.43. The minimum absolute atomic E-state index is 0.186. The van der Waals surface area contributed by atoms with Crippen LogP contribution in [0.4, 0.5) is 11.5 Å². The number of nitrogens with zero attached hydrogens (tertiary/aromatic N) is 3. The molecular weight excluding hydrogens is 402 g/mol. The Labute approximate surface area is 190 Å². The lowest BCUT2D eigenvalue weighted by molar-refractivity contribution is -0.132. The maximum Gasteiger partial charge on any atom is 0.222 e. The van der Waals surface area contributed by atoms with Gasteiger partial charge in [0.2, 0.25) is 5.91 Å². The third-order valence-corrected chi connectivity index (χ3v) is 6.09. The van der Waals surface area contributed by atoms with Crippen LogP contribution >= 0.6 is 0 Å². The van der Waals surface area contributed by atoms with Crippen molar-refractivity contribution in [3.05, 3.63) is 48.2 Å². The molecule has 1 aromatic carbocycles. The Kier molecular flexibility index (Phi) is 6.09. The van der Waals surface area contributed by atoms with Crippen LogP contribution in [0, 0.1) is 0 Å². The van der Waals surface area contributed by atoms with Crippen LogP contribution < -0.4 is 15.4 Å². The first-order valence-electron chi connectivity index (χ1n) is 11.3. The quantitative estimate of drug-likeness (QED) is 0.755. The van der Waals surface area contributed by atoms with Crippen LogP contribution in [0.1, 0.15) is 45.6 Å². The largest absolute Gasteiger partial charge is 0.496 e. The first kappa shape index (κ1) is 22.1. The predicted molar refractivity (Wildman–Crippen MR) is 129 cm³/mol. The molecule has 4 rings (SSSR count). The first-order chi connectivity index (χ1) is 15.3. The second kappa shape index (κ2) is 8.81. The SMILES string of the molecule is COc1ccccc1CCC(=O)N1CCC2(CC1)Nc1cccnc1NC2=NC(C)(C)C. The highest BCUT2D eigenvalue weighted by molar-refractivity contribution is 6.09. The highest BCUT2D eigenvalue weighted by Crippen LogP contribution is 2.37. The number of aliphatic imine (C=N–C) groups is 1. The molecule has 0 atom stereocenters. The van der Waals surface area contributed by atoms with Crippen LogP contribution in [0.15, 0.2) is 47.6 Å². The number of likely N-dealkylation sites (tertiary alicyclic amines) is 1. The summed E-state index contributed by atoms with van der Waals surface area (Å²) in [4.78, 5) is 24.4. The maximum absolute atomic E-state index is 13.0. The van der Waals surface area contributed by atoms with Gasteiger partial charge in [-0.05, 0) is 63.8 Å². The van der Waals surface area contributed by atoms with Gasteiger partial charge < -0.3 is 20.3 Å². The van der Waals surface area contributed by atoms with Crippen LogP contribution in [0.25, 0.3) is 0 Å². The molecule has 3 heterocycles. The molecule has 1 spiro atoms. The molecule has 0 bridgehead atoms. The van der Waals surface area contributed by atoms with E-state index in [-0.39, 0.29) is 17.0 Å². The molecule has 0 unspecified atom stereocenters. The smallest absolute Gasteiger partial charge is 0.222 e. The van der Waals surface area contributed by atoms with Crippen LogP contribution in [0.2, 0.25) is 0 Å². The van der Waals surface area contributed by atoms with E-state index in [0.717, 1.165) is 41.5 Å². The topological polar surface area (TPSA) is 78.8 Å². The Balaban J connectivity index is 1.45. The molecule has 1 aromatic heterocycles. The molecular formula is C25H33N5O2. The molecule has 170 valence electrons. The molecule has 1 fully saturated rings. The summed E-state index contributed by atoms with van der Waals surface area (Å²) in [6.45, 7) is 7.68. The van der Waals surface area contributed by atoms with Crippen LogP contribution in [0.5, 0.6) is 5.75 Å². The Morgan fingerprint density at radius 2 is 1.94 bits per heavy atom. The van der Waals surface area contributed by atoms with Crippen LogP contribution in [0.3, 0.4) is 0 Å². The number of carbonyl (C=O) groups is 1. The van der Waals surface area contributed by atoms with Gasteiger partial charge in [0.1, 0.15) is 11.6 Å². The minimum atomic E-state index is -0.317. The minimum Gasteiger partial charge on any atom is -0.496 e. The highest BCUT2D eigenvalue weighted by atomic mass is 16.5. The van der Waals surface area contributed by atoms with E-state index >= 15 is 0 Å². The lowest BCUT2D eigenvalue weighted by atomic mass is 9.83. The Morgan fingerprint density at radius 3 is 2.66 bits per heavy atom. The number of benzene rings is 1. The standard InChI is InChI=1S/C25H33N5O2/c1-24(2,3)29-23-25(28-19-9-7-15-26-22(19)27-23)13-16-30(17-14-25)21(31)12-11-18-8-5-6-10-20(18)32-4/h5-10,15,28H,11-14,16-17H2,1-4H3,(H,26,27,29). The zero-order valence-corrected chi connectivity index (χ0v) is 19.4. The fourth-order valence-corrected chi connectivity index (χ4v) is 4.43. The second-order valence-corrected chi connectivity index (χ2v) is 9.56. The highest BCUT2D eigenvalue weighted by Gasteiger charge is 2.44. The van der Waals surface area contributed by atoms with Crippen molar-refractivity contribution in [3.63, 3.8) is 0 Å². The molecule has 0 saturated carbocycles. The van der Waals surface area contributed by atoms with Gasteiger partial charge in [0.15, 0.2) is 5.82 Å². The Morgan fingerprint density at radius 1 is 1.19 bits per heavy atom. The number of ether oxygens (including phenoxy) is 1. The van der Waals surface area contributed by atoms with E-state index in [4.69, 9.17) is 9.73 Å². The number of aryl methyl sites for hydroxylation is 1. The average molecular weight is 436 g/mol. The summed E-state index contributed by atoms with van der Waals surface area (Å²) in [5.74, 6) is 2.74. The number of hydrogen-bond donors (Lipinski definition) is 2. The molecule has 2 aliphatic rings. The number of piperidine rings is 1. The summed E-state index contributed by atoms with van der Waals surface area (Å²) in [5.41, 5.74) is 1.52. The number of carbonyl (C=O) groups excluding carboxylic acids is 1. The third kappa shape index (κ3) is 4.71. The zero-order chi connectivity index (χ0) is 22.8. The Hall–Kier alpha value is -3.09. The molecule has 2 N–H and O–H groups in total. The number of hydrogen-bond acceptors (Lipinski definition) is 5. The summed E-state index contributed by atoms with van der Waals surface area (Å²) in [6.07, 6.45) is 4.53. The van der Waals surface area contributed by atoms with Gasteiger partial charge in [-0.1, -0.05) is 18.2 Å². The van der Waals surface area contributed by atoms with Gasteiger partial charge in [0.05, 0.1) is 23.9 Å². The number of methoxy groups -OCH3 is 1. The number of amidine groups is 1. The van der Waals surface area contributed by atoms with E-state index < -0.39 is 0 Å². The van der Waals surface area contributed by atoms with Crippen LogP contribution in [-0.4, -0.2) is 52.9 Å². The first-order valence-corrected chi connectivity index (χ1v) is 11.3. The summed E-state index contributed by atoms with van der Waals surface area (Å²) in [6, 6.07) is 11.9. The van der Waals surface area contributed by atoms with E-state index in [9.17, 15) is 4.79 Å². The number of amides is 1. The summed E-state index contributed by atoms with van der Waals surface area (Å²) < 4.78 is 5.42. The van der Waals surface area contributed by atoms with Crippen molar-refractivity contribution in [3.8, 4) is 5.75 Å². The van der Waals surface area contributed by atoms with Crippen molar-refractivity contribution in [2.75, 3.05) is 30.8 Å². The van der Waals surface area contributed by atoms with Crippen molar-refractivity contribution in [1.29, 1.82) is 0 Å². The van der Waals surface area contributed by atoms with E-state index in [1.54, 1.807) is 13.3 Å². The van der Waals surface area contributed by atoms with Gasteiger partial charge in [-0.25, -0.2) is 4.98 Å². The van der Waals surface area contributed by atoms with Gasteiger partial charge in [-0.3, -0.25) is 9.79 Å². The number of fused-ring (bicyclic) bond motifs is 1. The van der Waals surface area contributed by atoms with E-state index in [1.165, 1.54) is 0 Å². The van der Waals surface area contributed by atoms with E-state index in [2.05, 4.69) is 36.4 Å². The second-order valence-electron chi connectivity index (χ2n) is 9.56. The summed E-state index contributed by atoms with van der Waals surface area (Å²) in [5, 5.41) is 7.18. The van der Waals surface area contributed by atoms with Crippen molar-refractivity contribution in [1.82, 2.24) is 9.88 Å². The third-order valence-electron chi connectivity index (χ3n) is 6.09. The molecule has 2 aliphatic heterocycles. The van der Waals surface area contributed by atoms with E-state index in [1.807, 2.05) is 41.3 Å². The number of aromatic nitrogens is 1. The van der Waals surface area contributed by atoms with Gasteiger partial charge >= 0.3 is 0 Å². The summed E-state index contributed by atoms with van der Waals surface area (Å²) >= 11 is 0. The number of pyridine rings is 1. The maximum atomic E-state index is 13.0. The van der Waals surface area contributed by atoms with Crippen molar-refractivity contribution in [2.24, 2.45) is 4.99 Å². The number of anilines is 2. The molecule has 0 radical (unpaired) electrons. The molecule has 1 saturated heterocycles. The lowest BCUT2D eigenvalue weighted by Crippen LogP contribution is -2.59. The molecule has 7 nitrogen and oxygen atoms in total. The normalized spacial score (nSPS) is 18.6. The molecule has 1 amide bonds. The number of rotatable bonds is 4. The van der Waals surface area contributed by atoms with Crippen LogP contribution in [-0.2, 0) is 11.2 Å². The number of nitrogens with one attached hydrogen (secondary N) is 2. The Bertz CT molecular complexity index is 1000. The molecule has 32 heavy (non-hydrogen) atoms. The monoisotopic (exact) mass is 435 g/mol. The predicted octanol–water partition coefficient (Wildman–Crippen LogP) is 4.12. The molecule has 2 aromatic rings. The average Bonchev–Trinajstić information content (AvgIpc) is 2.78. The van der Waals surface area contributed by atoms with Crippen molar-refractivity contribution >= 4 is 23.2 Å². The van der Waals surface area contributed by atoms with Crippen molar-refractivity contribution in [2.45, 2.75) is 57.5 Å². The van der Waals surface area contributed by atoms with Gasteiger partial charge in [-0.2, -0.15) is 0 Å². The number of para-hydroxylation sites is 1.